The lowest BCUT2D eigenvalue weighted by Crippen LogP contribution is -2.16. The maximum Gasteiger partial charge on any atom is 0.271 e. The maximum atomic E-state index is 11.7. The Morgan fingerprint density at radius 1 is 1.32 bits per heavy atom. The van der Waals surface area contributed by atoms with Crippen molar-refractivity contribution in [3.05, 3.63) is 55.9 Å². The Hall–Kier alpha value is -1.75. The summed E-state index contributed by atoms with van der Waals surface area (Å²) in [4.78, 5) is 14.5. The number of ether oxygens (including phenoxy) is 1. The Morgan fingerprint density at radius 3 is 2.53 bits per heavy atom. The van der Waals surface area contributed by atoms with Crippen LogP contribution in [-0.4, -0.2) is 12.1 Å². The largest absolute Gasteiger partial charge is 0.497 e. The van der Waals surface area contributed by atoms with E-state index in [1.807, 2.05) is 31.2 Å². The van der Waals surface area contributed by atoms with Crippen LogP contribution in [0.4, 0.5) is 5.69 Å². The number of halogens is 1. The Labute approximate surface area is 119 Å². The Bertz CT molecular complexity index is 648. The first kappa shape index (κ1) is 13.7. The lowest BCUT2D eigenvalue weighted by molar-refractivity contribution is 0.414. The molecule has 2 rings (SSSR count). The molecule has 0 aliphatic rings. The molecule has 0 spiro atoms. The van der Waals surface area contributed by atoms with Crippen LogP contribution in [0.25, 0.3) is 0 Å². The van der Waals surface area contributed by atoms with Crippen LogP contribution in [0.15, 0.2) is 33.5 Å². The van der Waals surface area contributed by atoms with Crippen molar-refractivity contribution in [2.75, 3.05) is 12.8 Å². The van der Waals surface area contributed by atoms with Crippen LogP contribution < -0.4 is 16.0 Å². The van der Waals surface area contributed by atoms with Gasteiger partial charge in [-0.15, -0.1) is 0 Å². The van der Waals surface area contributed by atoms with Crippen molar-refractivity contribution >= 4 is 21.6 Å². The number of pyridine rings is 1. The third-order valence-corrected chi connectivity index (χ3v) is 4.12. The van der Waals surface area contributed by atoms with Crippen LogP contribution >= 0.6 is 15.9 Å². The van der Waals surface area contributed by atoms with Crippen molar-refractivity contribution in [1.29, 1.82) is 0 Å². The number of aromatic nitrogens is 1. The van der Waals surface area contributed by atoms with Gasteiger partial charge in [-0.05, 0) is 46.1 Å². The maximum absolute atomic E-state index is 11.7. The first-order valence-corrected chi connectivity index (χ1v) is 6.62. The Balaban J connectivity index is 2.35. The first-order chi connectivity index (χ1) is 9.02. The molecule has 1 aromatic heterocycles. The van der Waals surface area contributed by atoms with Gasteiger partial charge in [-0.1, -0.05) is 12.1 Å². The van der Waals surface area contributed by atoms with Gasteiger partial charge in [-0.2, -0.15) is 0 Å². The fourth-order valence-electron chi connectivity index (χ4n) is 1.84. The molecule has 0 saturated carbocycles. The van der Waals surface area contributed by atoms with Gasteiger partial charge in [0.05, 0.1) is 7.11 Å². The predicted molar refractivity (Wildman–Crippen MR) is 79.7 cm³/mol. The molecule has 0 bridgehead atoms. The number of aromatic amines is 1. The number of methoxy groups -OCH3 is 1. The summed E-state index contributed by atoms with van der Waals surface area (Å²) in [5.41, 5.74) is 8.38. The number of rotatable bonds is 3. The molecule has 5 heteroatoms. The minimum atomic E-state index is -0.246. The zero-order chi connectivity index (χ0) is 14.0. The summed E-state index contributed by atoms with van der Waals surface area (Å²) in [6.45, 7) is 1.83. The number of hydrogen-bond donors (Lipinski definition) is 2. The monoisotopic (exact) mass is 322 g/mol. The normalized spacial score (nSPS) is 10.5. The molecular weight excluding hydrogens is 308 g/mol. The van der Waals surface area contributed by atoms with E-state index >= 15 is 0 Å². The predicted octanol–water partition coefficient (Wildman–Crippen LogP) is 2.63. The van der Waals surface area contributed by atoms with Crippen molar-refractivity contribution in [2.24, 2.45) is 0 Å². The topological polar surface area (TPSA) is 68.1 Å². The molecule has 0 fully saturated rings. The summed E-state index contributed by atoms with van der Waals surface area (Å²) in [5, 5.41) is 0. The van der Waals surface area contributed by atoms with Gasteiger partial charge in [-0.3, -0.25) is 4.79 Å². The number of benzene rings is 1. The SMILES string of the molecule is COc1ccc(Cc2[nH]c(=O)c(N)c(C)c2Br)cc1. The van der Waals surface area contributed by atoms with E-state index in [-0.39, 0.29) is 11.2 Å². The van der Waals surface area contributed by atoms with Crippen LogP contribution in [0, 0.1) is 6.92 Å². The average Bonchev–Trinajstić information content (AvgIpc) is 2.43. The lowest BCUT2D eigenvalue weighted by Gasteiger charge is -2.09. The summed E-state index contributed by atoms with van der Waals surface area (Å²) in [5.74, 6) is 0.810. The van der Waals surface area contributed by atoms with Crippen molar-refractivity contribution in [3.8, 4) is 5.75 Å². The number of nitrogens with two attached hydrogens (primary N) is 1. The number of nitrogens with one attached hydrogen (secondary N) is 1. The molecule has 4 nitrogen and oxygen atoms in total. The van der Waals surface area contributed by atoms with E-state index in [2.05, 4.69) is 20.9 Å². The van der Waals surface area contributed by atoms with E-state index in [0.29, 0.717) is 6.42 Å². The molecule has 1 aromatic carbocycles. The average molecular weight is 323 g/mol. The molecule has 0 saturated heterocycles. The summed E-state index contributed by atoms with van der Waals surface area (Å²) < 4.78 is 5.96. The van der Waals surface area contributed by atoms with Crippen molar-refractivity contribution in [3.63, 3.8) is 0 Å². The fraction of sp³-hybridized carbons (Fsp3) is 0.214. The van der Waals surface area contributed by atoms with Crippen LogP contribution in [-0.2, 0) is 6.42 Å². The molecule has 0 atom stereocenters. The van der Waals surface area contributed by atoms with Gasteiger partial charge in [-0.25, -0.2) is 0 Å². The van der Waals surface area contributed by atoms with E-state index < -0.39 is 0 Å². The first-order valence-electron chi connectivity index (χ1n) is 5.82. The molecule has 0 radical (unpaired) electrons. The Kier molecular flexibility index (Phi) is 3.95. The molecule has 100 valence electrons. The van der Waals surface area contributed by atoms with Gasteiger partial charge in [0.2, 0.25) is 0 Å². The molecular formula is C14H15BrN2O2. The molecule has 0 amide bonds. The minimum Gasteiger partial charge on any atom is -0.497 e. The second-order valence-corrected chi connectivity index (χ2v) is 5.10. The zero-order valence-corrected chi connectivity index (χ0v) is 12.4. The summed E-state index contributed by atoms with van der Waals surface area (Å²) in [6.07, 6.45) is 0.626. The zero-order valence-electron chi connectivity index (χ0n) is 10.8. The van der Waals surface area contributed by atoms with Crippen molar-refractivity contribution in [1.82, 2.24) is 4.98 Å². The standard InChI is InChI=1S/C14H15BrN2O2/c1-8-12(15)11(17-14(18)13(8)16)7-9-3-5-10(19-2)6-4-9/h3-6H,7,16H2,1-2H3,(H,17,18). The van der Waals surface area contributed by atoms with E-state index in [9.17, 15) is 4.79 Å². The highest BCUT2D eigenvalue weighted by molar-refractivity contribution is 9.10. The second kappa shape index (κ2) is 5.48. The third kappa shape index (κ3) is 2.81. The number of nitrogen functional groups attached to an aromatic ring is 1. The van der Waals surface area contributed by atoms with Crippen LogP contribution in [0.3, 0.4) is 0 Å². The molecule has 1 heterocycles. The highest BCUT2D eigenvalue weighted by Crippen LogP contribution is 2.24. The quantitative estimate of drug-likeness (QED) is 0.912. The minimum absolute atomic E-state index is 0.246. The molecule has 2 aromatic rings. The Morgan fingerprint density at radius 2 is 1.95 bits per heavy atom. The van der Waals surface area contributed by atoms with E-state index in [1.165, 1.54) is 0 Å². The van der Waals surface area contributed by atoms with Gasteiger partial charge in [0.15, 0.2) is 0 Å². The van der Waals surface area contributed by atoms with Crippen molar-refractivity contribution < 1.29 is 4.74 Å². The number of H-pyrrole nitrogens is 1. The van der Waals surface area contributed by atoms with E-state index in [0.717, 1.165) is 27.0 Å². The second-order valence-electron chi connectivity index (χ2n) is 4.31. The summed E-state index contributed by atoms with van der Waals surface area (Å²) in [7, 11) is 1.63. The highest BCUT2D eigenvalue weighted by atomic mass is 79.9. The van der Waals surface area contributed by atoms with Crippen LogP contribution in [0.5, 0.6) is 5.75 Å². The lowest BCUT2D eigenvalue weighted by atomic mass is 10.1. The van der Waals surface area contributed by atoms with Crippen LogP contribution in [0.2, 0.25) is 0 Å². The molecule has 0 unspecified atom stereocenters. The van der Waals surface area contributed by atoms with Gasteiger partial charge in [0.1, 0.15) is 11.4 Å². The summed E-state index contributed by atoms with van der Waals surface area (Å²) >= 11 is 3.48. The third-order valence-electron chi connectivity index (χ3n) is 3.05. The van der Waals surface area contributed by atoms with Gasteiger partial charge < -0.3 is 15.5 Å². The van der Waals surface area contributed by atoms with Gasteiger partial charge in [0.25, 0.3) is 5.56 Å². The number of anilines is 1. The van der Waals surface area contributed by atoms with Crippen LogP contribution in [0.1, 0.15) is 16.8 Å². The van der Waals surface area contributed by atoms with Gasteiger partial charge >= 0.3 is 0 Å². The molecule has 0 aliphatic heterocycles. The number of hydrogen-bond acceptors (Lipinski definition) is 3. The smallest absolute Gasteiger partial charge is 0.271 e. The molecule has 19 heavy (non-hydrogen) atoms. The molecule has 3 N–H and O–H groups in total. The van der Waals surface area contributed by atoms with E-state index in [4.69, 9.17) is 10.5 Å². The van der Waals surface area contributed by atoms with E-state index in [1.54, 1.807) is 7.11 Å². The highest BCUT2D eigenvalue weighted by Gasteiger charge is 2.10. The van der Waals surface area contributed by atoms with Crippen molar-refractivity contribution in [2.45, 2.75) is 13.3 Å². The fourth-order valence-corrected chi connectivity index (χ4v) is 2.30. The summed E-state index contributed by atoms with van der Waals surface area (Å²) in [6, 6.07) is 7.72. The molecule has 0 aliphatic carbocycles. The van der Waals surface area contributed by atoms with Gasteiger partial charge in [0, 0.05) is 16.6 Å².